The second-order valence-corrected chi connectivity index (χ2v) is 9.20. The average molecular weight is 370 g/mol. The van der Waals surface area contributed by atoms with Crippen molar-refractivity contribution >= 4 is 15.5 Å². The van der Waals surface area contributed by atoms with E-state index in [1.807, 2.05) is 18.2 Å². The molecule has 0 unspecified atom stereocenters. The van der Waals surface area contributed by atoms with Crippen molar-refractivity contribution in [2.45, 2.75) is 28.7 Å². The summed E-state index contributed by atoms with van der Waals surface area (Å²) in [4.78, 5) is 5.72. The quantitative estimate of drug-likeness (QED) is 0.694. The van der Waals surface area contributed by atoms with Gasteiger partial charge in [0, 0.05) is 49.0 Å². The summed E-state index contributed by atoms with van der Waals surface area (Å²) in [6.45, 7) is 4.31. The number of sulfone groups is 1. The predicted octanol–water partition coefficient (Wildman–Crippen LogP) is 2.79. The number of benzene rings is 2. The molecule has 0 N–H and O–H groups in total. The zero-order valence-electron chi connectivity index (χ0n) is 14.8. The molecular weight excluding hydrogens is 348 g/mol. The molecule has 0 aliphatic carbocycles. The lowest BCUT2D eigenvalue weighted by atomic mass is 10.0. The van der Waals surface area contributed by atoms with Crippen LogP contribution in [-0.2, 0) is 9.84 Å². The van der Waals surface area contributed by atoms with Gasteiger partial charge in [0.05, 0.1) is 16.9 Å². The fourth-order valence-corrected chi connectivity index (χ4v) is 6.25. The topological polar surface area (TPSA) is 49.9 Å². The molecule has 3 saturated heterocycles. The summed E-state index contributed by atoms with van der Waals surface area (Å²) in [6.07, 6.45) is 2.31. The van der Waals surface area contributed by atoms with Crippen molar-refractivity contribution in [1.29, 1.82) is 0 Å². The number of fused-ring (bicyclic) bond motifs is 7. The standard InChI is InChI=1S/C20H22N2O3S/c1-25-16-3-5-19-18(13-16)17-4-2-15(12-20(17)26(19,23)24)22-11-10-21-8-6-14(22)7-9-21/h2-5,12-14H,6-11H2,1H3. The summed E-state index contributed by atoms with van der Waals surface area (Å²) in [6, 6.07) is 11.6. The Morgan fingerprint density at radius 1 is 0.923 bits per heavy atom. The lowest BCUT2D eigenvalue weighted by Crippen LogP contribution is -2.37. The van der Waals surface area contributed by atoms with Crippen molar-refractivity contribution in [3.63, 3.8) is 0 Å². The molecule has 6 heteroatoms. The second-order valence-electron chi connectivity index (χ2n) is 7.31. The van der Waals surface area contributed by atoms with E-state index in [1.54, 1.807) is 19.2 Å². The Labute approximate surface area is 154 Å². The molecule has 6 rings (SSSR count). The number of piperidine rings is 1. The Morgan fingerprint density at radius 3 is 2.50 bits per heavy atom. The average Bonchev–Trinajstić information content (AvgIpc) is 2.88. The van der Waals surface area contributed by atoms with Crippen LogP contribution in [0.1, 0.15) is 12.8 Å². The minimum absolute atomic E-state index is 0.383. The molecule has 0 saturated carbocycles. The Kier molecular flexibility index (Phi) is 3.56. The molecule has 4 aliphatic heterocycles. The van der Waals surface area contributed by atoms with E-state index in [0.717, 1.165) is 55.8 Å². The first-order valence-electron chi connectivity index (χ1n) is 9.14. The van der Waals surface area contributed by atoms with E-state index in [0.29, 0.717) is 21.6 Å². The molecule has 2 aromatic rings. The predicted molar refractivity (Wildman–Crippen MR) is 101 cm³/mol. The number of methoxy groups -OCH3 is 1. The van der Waals surface area contributed by atoms with E-state index in [1.165, 1.54) is 0 Å². The first-order valence-corrected chi connectivity index (χ1v) is 10.6. The third-order valence-electron chi connectivity index (χ3n) is 6.01. The number of hydrogen-bond donors (Lipinski definition) is 0. The van der Waals surface area contributed by atoms with Crippen LogP contribution in [0.4, 0.5) is 5.69 Å². The Bertz CT molecular complexity index is 979. The van der Waals surface area contributed by atoms with E-state index < -0.39 is 9.84 Å². The molecule has 2 bridgehead atoms. The highest BCUT2D eigenvalue weighted by atomic mass is 32.2. The molecule has 4 aliphatic rings. The largest absolute Gasteiger partial charge is 0.497 e. The van der Waals surface area contributed by atoms with Crippen LogP contribution in [0, 0.1) is 0 Å². The van der Waals surface area contributed by atoms with Crippen LogP contribution in [0.3, 0.4) is 0 Å². The van der Waals surface area contributed by atoms with Gasteiger partial charge in [-0.05, 0) is 43.2 Å². The van der Waals surface area contributed by atoms with Gasteiger partial charge >= 0.3 is 0 Å². The summed E-state index contributed by atoms with van der Waals surface area (Å²) in [7, 11) is -1.87. The molecular formula is C20H22N2O3S. The molecule has 4 heterocycles. The van der Waals surface area contributed by atoms with Crippen molar-refractivity contribution in [3.8, 4) is 16.9 Å². The monoisotopic (exact) mass is 370 g/mol. The molecule has 0 spiro atoms. The molecule has 0 aromatic heterocycles. The van der Waals surface area contributed by atoms with Crippen molar-refractivity contribution in [2.75, 3.05) is 38.2 Å². The van der Waals surface area contributed by atoms with Gasteiger partial charge in [-0.25, -0.2) is 8.42 Å². The molecule has 3 fully saturated rings. The maximum atomic E-state index is 13.1. The van der Waals surface area contributed by atoms with Crippen LogP contribution in [0.25, 0.3) is 11.1 Å². The lowest BCUT2D eigenvalue weighted by Gasteiger charge is -2.33. The molecule has 136 valence electrons. The highest BCUT2D eigenvalue weighted by molar-refractivity contribution is 7.92. The molecule has 5 nitrogen and oxygen atoms in total. The SMILES string of the molecule is COc1ccc2c(c1)-c1ccc(N3CCN4CCC3CC4)cc1S2(=O)=O. The third-order valence-corrected chi connectivity index (χ3v) is 7.86. The van der Waals surface area contributed by atoms with Gasteiger partial charge in [0.2, 0.25) is 9.84 Å². The first-order chi connectivity index (χ1) is 12.6. The van der Waals surface area contributed by atoms with Crippen LogP contribution in [0.15, 0.2) is 46.2 Å². The number of hydrogen-bond acceptors (Lipinski definition) is 5. The van der Waals surface area contributed by atoms with Crippen LogP contribution >= 0.6 is 0 Å². The van der Waals surface area contributed by atoms with Gasteiger partial charge in [-0.3, -0.25) is 0 Å². The smallest absolute Gasteiger partial charge is 0.207 e. The molecule has 0 atom stereocenters. The maximum absolute atomic E-state index is 13.1. The minimum atomic E-state index is -3.47. The zero-order chi connectivity index (χ0) is 17.9. The fraction of sp³-hybridized carbons (Fsp3) is 0.400. The van der Waals surface area contributed by atoms with Crippen LogP contribution < -0.4 is 9.64 Å². The van der Waals surface area contributed by atoms with Crippen molar-refractivity contribution in [1.82, 2.24) is 4.90 Å². The Balaban J connectivity index is 1.61. The van der Waals surface area contributed by atoms with Crippen LogP contribution in [0.2, 0.25) is 0 Å². The van der Waals surface area contributed by atoms with E-state index in [2.05, 4.69) is 15.9 Å². The summed E-state index contributed by atoms with van der Waals surface area (Å²) in [5.41, 5.74) is 2.56. The van der Waals surface area contributed by atoms with Crippen molar-refractivity contribution in [3.05, 3.63) is 36.4 Å². The fourth-order valence-electron chi connectivity index (χ4n) is 4.56. The second kappa shape index (κ2) is 5.72. The van der Waals surface area contributed by atoms with Gasteiger partial charge in [-0.2, -0.15) is 0 Å². The van der Waals surface area contributed by atoms with E-state index in [4.69, 9.17) is 4.74 Å². The number of anilines is 1. The van der Waals surface area contributed by atoms with Gasteiger partial charge < -0.3 is 14.5 Å². The van der Waals surface area contributed by atoms with Crippen LogP contribution in [-0.4, -0.2) is 52.6 Å². The molecule has 0 radical (unpaired) electrons. The normalized spacial score (nSPS) is 25.5. The zero-order valence-corrected chi connectivity index (χ0v) is 15.6. The van der Waals surface area contributed by atoms with E-state index >= 15 is 0 Å². The van der Waals surface area contributed by atoms with E-state index in [9.17, 15) is 8.42 Å². The van der Waals surface area contributed by atoms with Crippen molar-refractivity contribution < 1.29 is 13.2 Å². The van der Waals surface area contributed by atoms with Gasteiger partial charge in [0.25, 0.3) is 0 Å². The molecule has 0 amide bonds. The third kappa shape index (κ3) is 2.28. The maximum Gasteiger partial charge on any atom is 0.207 e. The number of rotatable bonds is 2. The van der Waals surface area contributed by atoms with Crippen molar-refractivity contribution in [2.24, 2.45) is 0 Å². The van der Waals surface area contributed by atoms with Crippen LogP contribution in [0.5, 0.6) is 5.75 Å². The lowest BCUT2D eigenvalue weighted by molar-refractivity contribution is 0.250. The summed E-state index contributed by atoms with van der Waals surface area (Å²) in [5, 5.41) is 0. The summed E-state index contributed by atoms with van der Waals surface area (Å²) < 4.78 is 31.4. The summed E-state index contributed by atoms with van der Waals surface area (Å²) in [5.74, 6) is 0.675. The Hall–Kier alpha value is -2.05. The number of ether oxygens (including phenoxy) is 1. The van der Waals surface area contributed by atoms with Gasteiger partial charge in [0.1, 0.15) is 5.75 Å². The molecule has 2 aromatic carbocycles. The Morgan fingerprint density at radius 2 is 1.73 bits per heavy atom. The van der Waals surface area contributed by atoms with Gasteiger partial charge in [-0.1, -0.05) is 6.07 Å². The van der Waals surface area contributed by atoms with Gasteiger partial charge in [0.15, 0.2) is 0 Å². The molecule has 26 heavy (non-hydrogen) atoms. The first kappa shape index (κ1) is 16.1. The van der Waals surface area contributed by atoms with Gasteiger partial charge in [-0.15, -0.1) is 0 Å². The summed E-state index contributed by atoms with van der Waals surface area (Å²) >= 11 is 0. The minimum Gasteiger partial charge on any atom is -0.497 e. The highest BCUT2D eigenvalue weighted by Gasteiger charge is 2.35. The van der Waals surface area contributed by atoms with E-state index in [-0.39, 0.29) is 0 Å². The number of nitrogens with zero attached hydrogens (tertiary/aromatic N) is 2. The highest BCUT2D eigenvalue weighted by Crippen LogP contribution is 2.46.